The van der Waals surface area contributed by atoms with Gasteiger partial charge in [-0.05, 0) is 74.9 Å². The van der Waals surface area contributed by atoms with Crippen molar-refractivity contribution in [1.29, 1.82) is 0 Å². The Hall–Kier alpha value is -4.20. The fourth-order valence-electron chi connectivity index (χ4n) is 4.80. The predicted molar refractivity (Wildman–Crippen MR) is 176 cm³/mol. The lowest BCUT2D eigenvalue weighted by Crippen LogP contribution is -2.28. The van der Waals surface area contributed by atoms with Crippen LogP contribution in [0.4, 0.5) is 0 Å². The summed E-state index contributed by atoms with van der Waals surface area (Å²) in [5.74, 6) is -0.509. The van der Waals surface area contributed by atoms with Gasteiger partial charge < -0.3 is 9.40 Å². The number of ketones is 2. The highest BCUT2D eigenvalue weighted by Gasteiger charge is 2.19. The van der Waals surface area contributed by atoms with Crippen LogP contribution in [0.25, 0.3) is 23.6 Å². The Balaban J connectivity index is 1.73. The number of hydrogen-bond donors (Lipinski definition) is 0. The summed E-state index contributed by atoms with van der Waals surface area (Å²) in [6, 6.07) is 20.5. The SMILES string of the molecule is C=c1/c(=C\C(=C/C)C(=O)/C(CCSc2ccc(Cl)cc2)=N/OC(C)=O)c2cc(C(=O)c3ccccc3C)ccc2n1CC. The van der Waals surface area contributed by atoms with Crippen molar-refractivity contribution >= 4 is 70.2 Å². The minimum Gasteiger partial charge on any atom is -0.341 e. The molecule has 0 saturated carbocycles. The number of Topliss-reactive ketones (excluding diaryl/α,β-unsaturated/α-hetero) is 1. The van der Waals surface area contributed by atoms with Gasteiger partial charge in [-0.1, -0.05) is 53.7 Å². The molecule has 220 valence electrons. The summed E-state index contributed by atoms with van der Waals surface area (Å²) in [6.45, 7) is 11.9. The third-order valence-corrected chi connectivity index (χ3v) is 8.29. The molecule has 0 radical (unpaired) electrons. The number of rotatable bonds is 11. The Morgan fingerprint density at radius 1 is 1.07 bits per heavy atom. The van der Waals surface area contributed by atoms with E-state index in [9.17, 15) is 14.4 Å². The van der Waals surface area contributed by atoms with Crippen molar-refractivity contribution in [3.05, 3.63) is 111 Å². The molecule has 43 heavy (non-hydrogen) atoms. The smallest absolute Gasteiger partial charge is 0.331 e. The van der Waals surface area contributed by atoms with E-state index in [-0.39, 0.29) is 23.7 Å². The quantitative estimate of drug-likeness (QED) is 0.0473. The molecule has 0 fully saturated rings. The van der Waals surface area contributed by atoms with Gasteiger partial charge in [0.05, 0.1) is 0 Å². The van der Waals surface area contributed by atoms with Gasteiger partial charge in [-0.2, -0.15) is 0 Å². The molecule has 6 nitrogen and oxygen atoms in total. The molecule has 0 saturated heterocycles. The van der Waals surface area contributed by atoms with E-state index in [0.29, 0.717) is 34.0 Å². The average molecular weight is 613 g/mol. The zero-order valence-corrected chi connectivity index (χ0v) is 26.2. The molecule has 0 amide bonds. The molecule has 0 aliphatic heterocycles. The van der Waals surface area contributed by atoms with Gasteiger partial charge in [-0.25, -0.2) is 4.79 Å². The van der Waals surface area contributed by atoms with Crippen LogP contribution in [0.2, 0.25) is 5.02 Å². The van der Waals surface area contributed by atoms with Gasteiger partial charge in [-0.3, -0.25) is 9.59 Å². The molecule has 1 heterocycles. The summed E-state index contributed by atoms with van der Waals surface area (Å²) >= 11 is 7.53. The minimum absolute atomic E-state index is 0.0721. The number of fused-ring (bicyclic) bond motifs is 1. The van der Waals surface area contributed by atoms with Crippen LogP contribution in [-0.4, -0.2) is 33.6 Å². The van der Waals surface area contributed by atoms with E-state index in [2.05, 4.69) is 16.3 Å². The molecule has 1 aromatic heterocycles. The first-order valence-corrected chi connectivity index (χ1v) is 15.3. The number of nitrogens with zero attached hydrogens (tertiary/aromatic N) is 2. The van der Waals surface area contributed by atoms with Crippen LogP contribution in [-0.2, 0) is 21.0 Å². The zero-order valence-electron chi connectivity index (χ0n) is 24.6. The van der Waals surface area contributed by atoms with E-state index in [1.807, 2.05) is 68.4 Å². The molecule has 0 atom stereocenters. The second kappa shape index (κ2) is 14.3. The van der Waals surface area contributed by atoms with E-state index in [1.54, 1.807) is 31.2 Å². The topological polar surface area (TPSA) is 77.7 Å². The largest absolute Gasteiger partial charge is 0.341 e. The first-order valence-electron chi connectivity index (χ1n) is 13.9. The maximum atomic E-state index is 13.8. The third kappa shape index (κ3) is 7.42. The number of hydrogen-bond acceptors (Lipinski definition) is 6. The van der Waals surface area contributed by atoms with Crippen LogP contribution >= 0.6 is 23.4 Å². The minimum atomic E-state index is -0.612. The molecule has 0 aliphatic rings. The number of benzene rings is 3. The van der Waals surface area contributed by atoms with Crippen molar-refractivity contribution in [3.63, 3.8) is 0 Å². The summed E-state index contributed by atoms with van der Waals surface area (Å²) in [5.41, 5.74) is 3.51. The van der Waals surface area contributed by atoms with Crippen LogP contribution in [0, 0.1) is 6.92 Å². The van der Waals surface area contributed by atoms with Crippen molar-refractivity contribution in [2.24, 2.45) is 5.16 Å². The summed E-state index contributed by atoms with van der Waals surface area (Å²) in [7, 11) is 0. The predicted octanol–water partition coefficient (Wildman–Crippen LogP) is 6.66. The Kier molecular flexibility index (Phi) is 10.6. The van der Waals surface area contributed by atoms with E-state index in [4.69, 9.17) is 16.4 Å². The highest BCUT2D eigenvalue weighted by Crippen LogP contribution is 2.22. The van der Waals surface area contributed by atoms with Gasteiger partial charge in [-0.15, -0.1) is 11.8 Å². The van der Waals surface area contributed by atoms with Crippen molar-refractivity contribution in [3.8, 4) is 0 Å². The standard InChI is InChI=1S/C35H33ClN2O4S/c1-6-25(35(41)32(37-42-24(5)39)18-19-43-28-15-13-27(36)14-16-28)20-30-23(4)38(7-2)33-17-12-26(21-31(30)33)34(40)29-11-9-8-10-22(29)3/h6,8-17,20-21H,4,7,18-19H2,1-3,5H3/b25-6+,30-20+,37-32+. The van der Waals surface area contributed by atoms with E-state index >= 15 is 0 Å². The lowest BCUT2D eigenvalue weighted by Gasteiger charge is -2.07. The monoisotopic (exact) mass is 612 g/mol. The van der Waals surface area contributed by atoms with Crippen molar-refractivity contribution in [2.45, 2.75) is 45.6 Å². The molecule has 0 aliphatic carbocycles. The first kappa shape index (κ1) is 31.7. The Morgan fingerprint density at radius 3 is 2.44 bits per heavy atom. The van der Waals surface area contributed by atoms with Gasteiger partial charge in [0.2, 0.25) is 5.78 Å². The zero-order chi connectivity index (χ0) is 31.1. The van der Waals surface area contributed by atoms with Gasteiger partial charge in [0.25, 0.3) is 0 Å². The number of aryl methyl sites for hydroxylation is 2. The van der Waals surface area contributed by atoms with E-state index in [1.165, 1.54) is 18.7 Å². The van der Waals surface area contributed by atoms with Crippen molar-refractivity contribution in [2.75, 3.05) is 5.75 Å². The fraction of sp³-hybridized carbons (Fsp3) is 0.200. The lowest BCUT2D eigenvalue weighted by molar-refractivity contribution is -0.140. The highest BCUT2D eigenvalue weighted by molar-refractivity contribution is 7.99. The lowest BCUT2D eigenvalue weighted by atomic mass is 9.97. The van der Waals surface area contributed by atoms with Gasteiger partial charge >= 0.3 is 5.97 Å². The molecule has 8 heteroatoms. The second-order valence-corrected chi connectivity index (χ2v) is 11.5. The van der Waals surface area contributed by atoms with Gasteiger partial charge in [0, 0.05) is 73.7 Å². The molecular weight excluding hydrogens is 580 g/mol. The summed E-state index contributed by atoms with van der Waals surface area (Å²) in [6.07, 6.45) is 3.75. The first-order chi connectivity index (χ1) is 20.6. The molecule has 0 spiro atoms. The molecule has 3 aromatic carbocycles. The third-order valence-electron chi connectivity index (χ3n) is 7.02. The van der Waals surface area contributed by atoms with Gasteiger partial charge in [0.1, 0.15) is 5.71 Å². The Labute approximate surface area is 260 Å². The van der Waals surface area contributed by atoms with Gasteiger partial charge in [0.15, 0.2) is 5.78 Å². The van der Waals surface area contributed by atoms with E-state index < -0.39 is 5.97 Å². The molecule has 0 bridgehead atoms. The molecule has 0 N–H and O–H groups in total. The van der Waals surface area contributed by atoms with Crippen LogP contribution in [0.3, 0.4) is 0 Å². The van der Waals surface area contributed by atoms with Crippen LogP contribution < -0.4 is 10.6 Å². The number of halogens is 1. The maximum Gasteiger partial charge on any atom is 0.331 e. The number of carbonyl (C=O) groups excluding carboxylic acids is 3. The number of oxime groups is 1. The number of allylic oxidation sites excluding steroid dienone is 2. The van der Waals surface area contributed by atoms with Crippen LogP contribution in [0.5, 0.6) is 0 Å². The summed E-state index contributed by atoms with van der Waals surface area (Å²) in [5, 5.41) is 6.84. The second-order valence-electron chi connectivity index (χ2n) is 9.87. The van der Waals surface area contributed by atoms with Crippen LogP contribution in [0.15, 0.2) is 88.4 Å². The molecular formula is C35H33ClN2O4S. The number of aromatic nitrogens is 1. The van der Waals surface area contributed by atoms with Crippen molar-refractivity contribution in [1.82, 2.24) is 4.57 Å². The number of thioether (sulfide) groups is 1. The number of carbonyl (C=O) groups is 3. The molecule has 4 aromatic rings. The van der Waals surface area contributed by atoms with Crippen LogP contribution in [0.1, 0.15) is 48.7 Å². The maximum absolute atomic E-state index is 13.8. The summed E-state index contributed by atoms with van der Waals surface area (Å²) < 4.78 is 2.05. The highest BCUT2D eigenvalue weighted by atomic mass is 35.5. The van der Waals surface area contributed by atoms with E-state index in [0.717, 1.165) is 31.9 Å². The fourth-order valence-corrected chi connectivity index (χ4v) is 5.78. The van der Waals surface area contributed by atoms with Crippen molar-refractivity contribution < 1.29 is 19.2 Å². The molecule has 4 rings (SSSR count). The Bertz CT molecular complexity index is 1870. The average Bonchev–Trinajstić information content (AvgIpc) is 3.27. The molecule has 0 unspecified atom stereocenters. The normalized spacial score (nSPS) is 12.5. The summed E-state index contributed by atoms with van der Waals surface area (Å²) in [4.78, 5) is 44.7. The Morgan fingerprint density at radius 2 is 1.79 bits per heavy atom.